The van der Waals surface area contributed by atoms with Gasteiger partial charge in [-0.2, -0.15) is 0 Å². The van der Waals surface area contributed by atoms with Crippen molar-refractivity contribution in [2.75, 3.05) is 26.2 Å². The van der Waals surface area contributed by atoms with Gasteiger partial charge in [-0.3, -0.25) is 4.79 Å². The number of carbonyl (C=O) groups is 1. The summed E-state index contributed by atoms with van der Waals surface area (Å²) in [7, 11) is -1.94. The van der Waals surface area contributed by atoms with Crippen molar-refractivity contribution in [3.8, 4) is 0 Å². The van der Waals surface area contributed by atoms with E-state index < -0.39 is 10.0 Å². The second-order valence-corrected chi connectivity index (χ2v) is 8.17. The molecule has 25 heavy (non-hydrogen) atoms. The lowest BCUT2D eigenvalue weighted by atomic mass is 10.0. The molecule has 0 atom stereocenters. The summed E-state index contributed by atoms with van der Waals surface area (Å²) in [6.45, 7) is 6.43. The fraction of sp³-hybridized carbons (Fsp3) is 0.750. The van der Waals surface area contributed by atoms with Gasteiger partial charge in [0.1, 0.15) is 5.82 Å². The van der Waals surface area contributed by atoms with Gasteiger partial charge in [0.15, 0.2) is 5.03 Å². The minimum absolute atomic E-state index is 0.00801. The third kappa shape index (κ3) is 5.26. The molecule has 0 unspecified atom stereocenters. The lowest BCUT2D eigenvalue weighted by Gasteiger charge is -2.34. The van der Waals surface area contributed by atoms with Crippen LogP contribution < -0.4 is 10.0 Å². The Kier molecular flexibility index (Phi) is 6.97. The van der Waals surface area contributed by atoms with Crippen molar-refractivity contribution < 1.29 is 13.2 Å². The van der Waals surface area contributed by atoms with E-state index in [0.717, 1.165) is 38.9 Å². The van der Waals surface area contributed by atoms with Crippen LogP contribution >= 0.6 is 0 Å². The van der Waals surface area contributed by atoms with Gasteiger partial charge in [0.25, 0.3) is 10.0 Å². The summed E-state index contributed by atoms with van der Waals surface area (Å²) >= 11 is 0. The average Bonchev–Trinajstić information content (AvgIpc) is 2.93. The molecule has 1 amide bonds. The summed E-state index contributed by atoms with van der Waals surface area (Å²) in [5.41, 5.74) is 0. The van der Waals surface area contributed by atoms with Gasteiger partial charge in [-0.1, -0.05) is 6.92 Å². The van der Waals surface area contributed by atoms with Crippen molar-refractivity contribution in [2.24, 2.45) is 7.05 Å². The number of nitrogens with one attached hydrogen (secondary N) is 2. The standard InChI is InChI=1S/C16H29N5O3S/c1-4-11-21(14-5-8-17-9-6-14)16(22)7-10-18-25(23,24)15-12-20(3)13(2)19-15/h12,14,17-18H,4-11H2,1-3H3. The van der Waals surface area contributed by atoms with E-state index in [0.29, 0.717) is 5.82 Å². The molecule has 0 saturated carbocycles. The summed E-state index contributed by atoms with van der Waals surface area (Å²) in [6, 6.07) is 0.253. The summed E-state index contributed by atoms with van der Waals surface area (Å²) in [4.78, 5) is 18.5. The van der Waals surface area contributed by atoms with Crippen LogP contribution in [0.3, 0.4) is 0 Å². The number of aryl methyl sites for hydroxylation is 2. The van der Waals surface area contributed by atoms with Gasteiger partial charge in [-0.05, 0) is 39.3 Å². The summed E-state index contributed by atoms with van der Waals surface area (Å²) in [5.74, 6) is 0.630. The average molecular weight is 372 g/mol. The Labute approximate surface area is 150 Å². The van der Waals surface area contributed by atoms with Gasteiger partial charge in [0.05, 0.1) is 0 Å². The number of nitrogens with zero attached hydrogens (tertiary/aromatic N) is 3. The van der Waals surface area contributed by atoms with Crippen LogP contribution in [-0.2, 0) is 21.9 Å². The van der Waals surface area contributed by atoms with E-state index in [9.17, 15) is 13.2 Å². The highest BCUT2D eigenvalue weighted by atomic mass is 32.2. The monoisotopic (exact) mass is 371 g/mol. The Balaban J connectivity index is 1.91. The molecule has 2 heterocycles. The number of imidazole rings is 1. The van der Waals surface area contributed by atoms with E-state index in [4.69, 9.17) is 0 Å². The topological polar surface area (TPSA) is 96.3 Å². The zero-order chi connectivity index (χ0) is 18.4. The summed E-state index contributed by atoms with van der Waals surface area (Å²) < 4.78 is 28.6. The first-order chi connectivity index (χ1) is 11.8. The quantitative estimate of drug-likeness (QED) is 0.689. The Morgan fingerprint density at radius 2 is 2.12 bits per heavy atom. The first kappa shape index (κ1) is 19.9. The Morgan fingerprint density at radius 1 is 1.44 bits per heavy atom. The highest BCUT2D eigenvalue weighted by molar-refractivity contribution is 7.89. The van der Waals surface area contributed by atoms with E-state index in [1.165, 1.54) is 6.20 Å². The maximum absolute atomic E-state index is 12.6. The van der Waals surface area contributed by atoms with Crippen LogP contribution in [0.1, 0.15) is 38.4 Å². The molecule has 0 radical (unpaired) electrons. The maximum Gasteiger partial charge on any atom is 0.259 e. The van der Waals surface area contributed by atoms with Gasteiger partial charge in [0.2, 0.25) is 5.91 Å². The van der Waals surface area contributed by atoms with E-state index in [-0.39, 0.29) is 29.9 Å². The molecule has 142 valence electrons. The number of hydrogen-bond acceptors (Lipinski definition) is 5. The van der Waals surface area contributed by atoms with Crippen molar-refractivity contribution in [3.05, 3.63) is 12.0 Å². The molecular formula is C16H29N5O3S. The molecule has 1 aliphatic rings. The third-order valence-electron chi connectivity index (χ3n) is 4.53. The predicted molar refractivity (Wildman–Crippen MR) is 95.6 cm³/mol. The molecule has 1 aromatic heterocycles. The van der Waals surface area contributed by atoms with Crippen molar-refractivity contribution in [1.82, 2.24) is 24.5 Å². The zero-order valence-electron chi connectivity index (χ0n) is 15.3. The van der Waals surface area contributed by atoms with E-state index in [1.54, 1.807) is 18.5 Å². The molecule has 0 aromatic carbocycles. The van der Waals surface area contributed by atoms with Crippen LogP contribution in [0.2, 0.25) is 0 Å². The largest absolute Gasteiger partial charge is 0.340 e. The van der Waals surface area contributed by atoms with Crippen LogP contribution in [-0.4, -0.2) is 61.0 Å². The minimum Gasteiger partial charge on any atom is -0.340 e. The lowest BCUT2D eigenvalue weighted by molar-refractivity contribution is -0.133. The third-order valence-corrected chi connectivity index (χ3v) is 5.86. The van der Waals surface area contributed by atoms with Gasteiger partial charge in [-0.25, -0.2) is 18.1 Å². The zero-order valence-corrected chi connectivity index (χ0v) is 16.1. The molecular weight excluding hydrogens is 342 g/mol. The van der Waals surface area contributed by atoms with Crippen molar-refractivity contribution >= 4 is 15.9 Å². The van der Waals surface area contributed by atoms with Gasteiger partial charge in [0, 0.05) is 38.8 Å². The van der Waals surface area contributed by atoms with E-state index in [2.05, 4.69) is 15.0 Å². The van der Waals surface area contributed by atoms with Gasteiger partial charge >= 0.3 is 0 Å². The van der Waals surface area contributed by atoms with E-state index in [1.807, 2.05) is 11.8 Å². The smallest absolute Gasteiger partial charge is 0.259 e. The maximum atomic E-state index is 12.6. The number of piperidine rings is 1. The molecule has 0 aliphatic carbocycles. The predicted octanol–water partition coefficient (Wildman–Crippen LogP) is 0.388. The molecule has 9 heteroatoms. The van der Waals surface area contributed by atoms with Crippen LogP contribution in [0.15, 0.2) is 11.2 Å². The molecule has 2 rings (SSSR count). The molecule has 1 fully saturated rings. The van der Waals surface area contributed by atoms with E-state index >= 15 is 0 Å². The van der Waals surface area contributed by atoms with Crippen molar-refractivity contribution in [1.29, 1.82) is 0 Å². The molecule has 1 aliphatic heterocycles. The van der Waals surface area contributed by atoms with Crippen LogP contribution in [0, 0.1) is 6.92 Å². The SMILES string of the molecule is CCCN(C(=O)CCNS(=O)(=O)c1cn(C)c(C)n1)C1CCNCC1. The number of sulfonamides is 1. The number of carbonyl (C=O) groups excluding carboxylic acids is 1. The number of aromatic nitrogens is 2. The Bertz CT molecular complexity index is 660. The molecule has 0 spiro atoms. The number of rotatable bonds is 8. The summed E-state index contributed by atoms with van der Waals surface area (Å²) in [5, 5.41) is 3.29. The lowest BCUT2D eigenvalue weighted by Crippen LogP contribution is -2.47. The van der Waals surface area contributed by atoms with Crippen LogP contribution in [0.5, 0.6) is 0 Å². The molecule has 0 bridgehead atoms. The van der Waals surface area contributed by atoms with Crippen LogP contribution in [0.25, 0.3) is 0 Å². The molecule has 1 aromatic rings. The van der Waals surface area contributed by atoms with Crippen molar-refractivity contribution in [2.45, 2.75) is 50.6 Å². The highest BCUT2D eigenvalue weighted by Crippen LogP contribution is 2.14. The molecule has 2 N–H and O–H groups in total. The summed E-state index contributed by atoms with van der Waals surface area (Å²) in [6.07, 6.45) is 4.43. The number of hydrogen-bond donors (Lipinski definition) is 2. The van der Waals surface area contributed by atoms with Gasteiger partial charge < -0.3 is 14.8 Å². The fourth-order valence-corrected chi connectivity index (χ4v) is 4.10. The minimum atomic E-state index is -3.68. The Hall–Kier alpha value is -1.45. The molecule has 1 saturated heterocycles. The fourth-order valence-electron chi connectivity index (χ4n) is 3.04. The Morgan fingerprint density at radius 3 is 2.68 bits per heavy atom. The highest BCUT2D eigenvalue weighted by Gasteiger charge is 2.25. The van der Waals surface area contributed by atoms with Crippen LogP contribution in [0.4, 0.5) is 0 Å². The number of amides is 1. The van der Waals surface area contributed by atoms with Crippen molar-refractivity contribution in [3.63, 3.8) is 0 Å². The first-order valence-corrected chi connectivity index (χ1v) is 10.3. The second kappa shape index (κ2) is 8.77. The normalized spacial score (nSPS) is 16.1. The van der Waals surface area contributed by atoms with Gasteiger partial charge in [-0.15, -0.1) is 0 Å². The first-order valence-electron chi connectivity index (χ1n) is 8.85. The molecule has 8 nitrogen and oxygen atoms in total. The second-order valence-electron chi connectivity index (χ2n) is 6.45.